The molecule has 1 aliphatic heterocycles. The van der Waals surface area contributed by atoms with Gasteiger partial charge in [0.15, 0.2) is 5.60 Å². The average Bonchev–Trinajstić information content (AvgIpc) is 2.89. The van der Waals surface area contributed by atoms with Crippen molar-refractivity contribution < 1.29 is 38.8 Å². The Morgan fingerprint density at radius 3 is 2.33 bits per heavy atom. The Morgan fingerprint density at radius 1 is 1.24 bits per heavy atom. The number of rotatable bonds is 8. The van der Waals surface area contributed by atoms with Crippen molar-refractivity contribution in [3.8, 4) is 0 Å². The number of carbonyl (C=O) groups excluding carboxylic acids is 2. The molecule has 0 aromatic rings. The van der Waals surface area contributed by atoms with Crippen molar-refractivity contribution in [2.24, 2.45) is 0 Å². The highest BCUT2D eigenvalue weighted by molar-refractivity contribution is 5.88. The quantitative estimate of drug-likeness (QED) is 0.595. The predicted octanol–water partition coefficient (Wildman–Crippen LogP) is -0.132. The number of aliphatic carboxylic acids is 1. The van der Waals surface area contributed by atoms with Gasteiger partial charge in [-0.05, 0) is 19.8 Å². The lowest BCUT2D eigenvalue weighted by Gasteiger charge is -2.21. The van der Waals surface area contributed by atoms with E-state index in [9.17, 15) is 19.5 Å². The summed E-state index contributed by atoms with van der Waals surface area (Å²) in [6, 6.07) is 0. The Bertz CT molecular complexity index is 388. The standard InChI is InChI=1S/C13H20O8/c1-2-19-10(14)6-13(18,12(16)17)7-11(15)21-8-9-4-3-5-20-9/h9,18H,2-8H2,1H3,(H,16,17). The average molecular weight is 304 g/mol. The van der Waals surface area contributed by atoms with E-state index in [2.05, 4.69) is 4.74 Å². The van der Waals surface area contributed by atoms with Gasteiger partial charge in [0.2, 0.25) is 0 Å². The minimum absolute atomic E-state index is 0.00788. The molecule has 21 heavy (non-hydrogen) atoms. The minimum atomic E-state index is -2.53. The van der Waals surface area contributed by atoms with Gasteiger partial charge < -0.3 is 24.4 Å². The van der Waals surface area contributed by atoms with E-state index >= 15 is 0 Å². The molecule has 0 aromatic heterocycles. The summed E-state index contributed by atoms with van der Waals surface area (Å²) in [4.78, 5) is 34.0. The molecule has 8 heteroatoms. The molecular formula is C13H20O8. The third-order valence-corrected chi connectivity index (χ3v) is 3.03. The van der Waals surface area contributed by atoms with E-state index in [1.807, 2.05) is 0 Å². The molecular weight excluding hydrogens is 284 g/mol. The van der Waals surface area contributed by atoms with Crippen molar-refractivity contribution in [2.75, 3.05) is 19.8 Å². The van der Waals surface area contributed by atoms with Crippen molar-refractivity contribution in [3.05, 3.63) is 0 Å². The molecule has 8 nitrogen and oxygen atoms in total. The van der Waals surface area contributed by atoms with Crippen LogP contribution in [0, 0.1) is 0 Å². The fourth-order valence-corrected chi connectivity index (χ4v) is 1.92. The summed E-state index contributed by atoms with van der Waals surface area (Å²) in [7, 11) is 0. The first-order chi connectivity index (χ1) is 9.87. The van der Waals surface area contributed by atoms with Gasteiger partial charge in [-0.1, -0.05) is 0 Å². The van der Waals surface area contributed by atoms with E-state index in [1.165, 1.54) is 0 Å². The Balaban J connectivity index is 2.49. The maximum Gasteiger partial charge on any atom is 0.336 e. The molecule has 0 saturated carbocycles. The van der Waals surface area contributed by atoms with Crippen LogP contribution < -0.4 is 0 Å². The van der Waals surface area contributed by atoms with Crippen LogP contribution in [-0.4, -0.2) is 59.6 Å². The lowest BCUT2D eigenvalue weighted by Crippen LogP contribution is -2.43. The first kappa shape index (κ1) is 17.4. The van der Waals surface area contributed by atoms with E-state index < -0.39 is 36.4 Å². The second-order valence-corrected chi connectivity index (χ2v) is 4.81. The van der Waals surface area contributed by atoms with Gasteiger partial charge in [0.05, 0.1) is 25.6 Å². The minimum Gasteiger partial charge on any atom is -0.479 e. The predicted molar refractivity (Wildman–Crippen MR) is 68.4 cm³/mol. The Labute approximate surface area is 122 Å². The zero-order valence-corrected chi connectivity index (χ0v) is 11.9. The molecule has 2 unspecified atom stereocenters. The van der Waals surface area contributed by atoms with Gasteiger partial charge in [0, 0.05) is 6.61 Å². The number of carboxylic acids is 1. The van der Waals surface area contributed by atoms with E-state index in [-0.39, 0.29) is 19.3 Å². The van der Waals surface area contributed by atoms with Gasteiger partial charge in [-0.2, -0.15) is 0 Å². The van der Waals surface area contributed by atoms with E-state index in [1.54, 1.807) is 6.92 Å². The molecule has 1 heterocycles. The first-order valence-corrected chi connectivity index (χ1v) is 6.76. The summed E-state index contributed by atoms with van der Waals surface area (Å²) < 4.78 is 14.7. The van der Waals surface area contributed by atoms with E-state index in [0.717, 1.165) is 12.8 Å². The molecule has 0 aromatic carbocycles. The van der Waals surface area contributed by atoms with Crippen LogP contribution in [0.1, 0.15) is 32.6 Å². The molecule has 2 atom stereocenters. The number of ether oxygens (including phenoxy) is 3. The summed E-state index contributed by atoms with van der Waals surface area (Å²) in [5.41, 5.74) is -2.53. The summed E-state index contributed by atoms with van der Waals surface area (Å²) in [6.45, 7) is 2.21. The van der Waals surface area contributed by atoms with Crippen LogP contribution >= 0.6 is 0 Å². The highest BCUT2D eigenvalue weighted by Crippen LogP contribution is 2.19. The van der Waals surface area contributed by atoms with Crippen LogP contribution in [0.3, 0.4) is 0 Å². The van der Waals surface area contributed by atoms with Crippen molar-refractivity contribution in [1.82, 2.24) is 0 Å². The van der Waals surface area contributed by atoms with Crippen LogP contribution in [0.5, 0.6) is 0 Å². The Hall–Kier alpha value is -1.67. The van der Waals surface area contributed by atoms with Crippen LogP contribution in [-0.2, 0) is 28.6 Å². The molecule has 0 radical (unpaired) electrons. The number of carbonyl (C=O) groups is 3. The molecule has 1 saturated heterocycles. The third kappa shape index (κ3) is 5.68. The van der Waals surface area contributed by atoms with Crippen LogP contribution in [0.15, 0.2) is 0 Å². The second-order valence-electron chi connectivity index (χ2n) is 4.81. The molecule has 0 spiro atoms. The highest BCUT2D eigenvalue weighted by Gasteiger charge is 2.42. The fourth-order valence-electron chi connectivity index (χ4n) is 1.92. The third-order valence-electron chi connectivity index (χ3n) is 3.03. The smallest absolute Gasteiger partial charge is 0.336 e. The van der Waals surface area contributed by atoms with Gasteiger partial charge in [-0.25, -0.2) is 4.79 Å². The molecule has 120 valence electrons. The molecule has 1 rings (SSSR count). The zero-order valence-electron chi connectivity index (χ0n) is 11.9. The van der Waals surface area contributed by atoms with Crippen molar-refractivity contribution in [1.29, 1.82) is 0 Å². The summed E-state index contributed by atoms with van der Waals surface area (Å²) in [6.07, 6.45) is -0.195. The summed E-state index contributed by atoms with van der Waals surface area (Å²) in [5, 5.41) is 18.9. The van der Waals surface area contributed by atoms with Gasteiger partial charge in [-0.3, -0.25) is 9.59 Å². The number of carboxylic acid groups (broad SMARTS) is 1. The van der Waals surface area contributed by atoms with Crippen molar-refractivity contribution in [2.45, 2.75) is 44.3 Å². The number of esters is 2. The molecule has 0 amide bonds. The lowest BCUT2D eigenvalue weighted by atomic mass is 9.96. The Morgan fingerprint density at radius 2 is 1.86 bits per heavy atom. The monoisotopic (exact) mass is 304 g/mol. The number of aliphatic hydroxyl groups is 1. The van der Waals surface area contributed by atoms with Crippen LogP contribution in [0.4, 0.5) is 0 Å². The van der Waals surface area contributed by atoms with E-state index in [4.69, 9.17) is 14.6 Å². The van der Waals surface area contributed by atoms with Crippen LogP contribution in [0.2, 0.25) is 0 Å². The second kappa shape index (κ2) is 7.94. The van der Waals surface area contributed by atoms with Crippen LogP contribution in [0.25, 0.3) is 0 Å². The SMILES string of the molecule is CCOC(=O)CC(O)(CC(=O)OCC1CCCO1)C(=O)O. The first-order valence-electron chi connectivity index (χ1n) is 6.76. The summed E-state index contributed by atoms with van der Waals surface area (Å²) >= 11 is 0. The normalized spacial score (nSPS) is 20.6. The van der Waals surface area contributed by atoms with Crippen molar-refractivity contribution >= 4 is 17.9 Å². The van der Waals surface area contributed by atoms with E-state index in [0.29, 0.717) is 6.61 Å². The maximum atomic E-state index is 11.6. The van der Waals surface area contributed by atoms with Gasteiger partial charge in [-0.15, -0.1) is 0 Å². The summed E-state index contributed by atoms with van der Waals surface area (Å²) in [5.74, 6) is -3.47. The zero-order chi connectivity index (χ0) is 15.9. The maximum absolute atomic E-state index is 11.6. The Kier molecular flexibility index (Phi) is 6.57. The fraction of sp³-hybridized carbons (Fsp3) is 0.769. The largest absolute Gasteiger partial charge is 0.479 e. The van der Waals surface area contributed by atoms with Gasteiger partial charge in [0.1, 0.15) is 6.61 Å². The topological polar surface area (TPSA) is 119 Å². The molecule has 0 aliphatic carbocycles. The lowest BCUT2D eigenvalue weighted by molar-refractivity contribution is -0.174. The molecule has 1 aliphatic rings. The number of hydrogen-bond acceptors (Lipinski definition) is 7. The number of hydrogen-bond donors (Lipinski definition) is 2. The van der Waals surface area contributed by atoms with Gasteiger partial charge in [0.25, 0.3) is 0 Å². The molecule has 1 fully saturated rings. The molecule has 0 bridgehead atoms. The molecule has 2 N–H and O–H groups in total. The van der Waals surface area contributed by atoms with Crippen molar-refractivity contribution in [3.63, 3.8) is 0 Å². The van der Waals surface area contributed by atoms with Gasteiger partial charge >= 0.3 is 17.9 Å². The highest BCUT2D eigenvalue weighted by atomic mass is 16.6.